The monoisotopic (exact) mass is 268 g/mol. The van der Waals surface area contributed by atoms with E-state index in [2.05, 4.69) is 11.9 Å². The Labute approximate surface area is 112 Å². The molecule has 0 radical (unpaired) electrons. The van der Waals surface area contributed by atoms with Gasteiger partial charge in [-0.25, -0.2) is 4.79 Å². The van der Waals surface area contributed by atoms with E-state index in [0.717, 1.165) is 25.9 Å². The minimum atomic E-state index is -0.326. The van der Waals surface area contributed by atoms with Crippen molar-refractivity contribution in [3.8, 4) is 0 Å². The highest BCUT2D eigenvalue weighted by atomic mass is 35.5. The number of anilines is 1. The van der Waals surface area contributed by atoms with Gasteiger partial charge in [0.2, 0.25) is 0 Å². The summed E-state index contributed by atoms with van der Waals surface area (Å²) >= 11 is 5.81. The molecule has 0 amide bonds. The van der Waals surface area contributed by atoms with Gasteiger partial charge >= 0.3 is 5.97 Å². The van der Waals surface area contributed by atoms with Gasteiger partial charge in [0.15, 0.2) is 0 Å². The minimum absolute atomic E-state index is 0.00519. The number of carbonyl (C=O) groups is 1. The predicted molar refractivity (Wildman–Crippen MR) is 71.8 cm³/mol. The lowest BCUT2D eigenvalue weighted by molar-refractivity contribution is 0.0139. The lowest BCUT2D eigenvalue weighted by atomic mass is 10.1. The Hall–Kier alpha value is -1.26. The van der Waals surface area contributed by atoms with Crippen LogP contribution in [0.2, 0.25) is 5.02 Å². The summed E-state index contributed by atoms with van der Waals surface area (Å²) in [6.07, 6.45) is 1.77. The molecule has 1 aliphatic heterocycles. The summed E-state index contributed by atoms with van der Waals surface area (Å²) < 4.78 is 5.46. The topological polar surface area (TPSA) is 55.6 Å². The maximum Gasteiger partial charge on any atom is 0.338 e. The van der Waals surface area contributed by atoms with Gasteiger partial charge in [-0.3, -0.25) is 0 Å². The summed E-state index contributed by atoms with van der Waals surface area (Å²) in [7, 11) is 2.07. The quantitative estimate of drug-likeness (QED) is 0.660. The molecule has 0 spiro atoms. The first kappa shape index (κ1) is 13.2. The minimum Gasteiger partial charge on any atom is -0.459 e. The van der Waals surface area contributed by atoms with Crippen LogP contribution in [0.5, 0.6) is 0 Å². The molecule has 1 aliphatic rings. The fourth-order valence-electron chi connectivity index (χ4n) is 1.99. The highest BCUT2D eigenvalue weighted by molar-refractivity contribution is 6.33. The summed E-state index contributed by atoms with van der Waals surface area (Å²) in [6, 6.07) is 4.80. The van der Waals surface area contributed by atoms with Crippen molar-refractivity contribution in [3.63, 3.8) is 0 Å². The number of rotatable bonds is 2. The van der Waals surface area contributed by atoms with Crippen molar-refractivity contribution < 1.29 is 9.53 Å². The Morgan fingerprint density at radius 2 is 2.11 bits per heavy atom. The predicted octanol–water partition coefficient (Wildman–Crippen LogP) is 2.17. The number of carbonyl (C=O) groups excluding carboxylic acids is 1. The van der Waals surface area contributed by atoms with E-state index in [4.69, 9.17) is 22.1 Å². The van der Waals surface area contributed by atoms with Crippen molar-refractivity contribution in [2.75, 3.05) is 25.9 Å². The number of nitrogen functional groups attached to an aromatic ring is 1. The van der Waals surface area contributed by atoms with Crippen LogP contribution in [0.4, 0.5) is 5.69 Å². The first-order valence-electron chi connectivity index (χ1n) is 6.01. The molecule has 1 aromatic carbocycles. The fraction of sp³-hybridized carbons (Fsp3) is 0.462. The van der Waals surface area contributed by atoms with E-state index in [9.17, 15) is 4.79 Å². The number of ether oxygens (including phenoxy) is 1. The highest BCUT2D eigenvalue weighted by Gasteiger charge is 2.21. The molecule has 1 fully saturated rings. The Kier molecular flexibility index (Phi) is 4.09. The zero-order valence-corrected chi connectivity index (χ0v) is 11.1. The SMILES string of the molecule is CN1CCC(OC(=O)c2ccc(Cl)c(N)c2)CC1. The normalized spacial score (nSPS) is 17.7. The third-order valence-corrected chi connectivity index (χ3v) is 3.52. The second-order valence-corrected chi connectivity index (χ2v) is 5.05. The third kappa shape index (κ3) is 3.15. The number of nitrogens with two attached hydrogens (primary N) is 1. The van der Waals surface area contributed by atoms with Gasteiger partial charge < -0.3 is 15.4 Å². The zero-order valence-electron chi connectivity index (χ0n) is 10.4. The fourth-order valence-corrected chi connectivity index (χ4v) is 2.11. The van der Waals surface area contributed by atoms with Gasteiger partial charge in [-0.15, -0.1) is 0 Å². The summed E-state index contributed by atoms with van der Waals surface area (Å²) in [5.74, 6) is -0.326. The number of piperidine rings is 1. The Morgan fingerprint density at radius 1 is 1.44 bits per heavy atom. The summed E-state index contributed by atoms with van der Waals surface area (Å²) in [4.78, 5) is 14.2. The van der Waals surface area contributed by atoms with Crippen LogP contribution < -0.4 is 5.73 Å². The molecular weight excluding hydrogens is 252 g/mol. The Balaban J connectivity index is 1.97. The van der Waals surface area contributed by atoms with Crippen molar-refractivity contribution in [2.24, 2.45) is 0 Å². The summed E-state index contributed by atoms with van der Waals surface area (Å²) in [6.45, 7) is 1.92. The molecule has 1 saturated heterocycles. The van der Waals surface area contributed by atoms with Crippen LogP contribution >= 0.6 is 11.6 Å². The second-order valence-electron chi connectivity index (χ2n) is 4.64. The maximum atomic E-state index is 11.9. The smallest absolute Gasteiger partial charge is 0.338 e. The van der Waals surface area contributed by atoms with E-state index < -0.39 is 0 Å². The van der Waals surface area contributed by atoms with E-state index in [1.807, 2.05) is 0 Å². The van der Waals surface area contributed by atoms with E-state index in [0.29, 0.717) is 16.3 Å². The molecule has 2 N–H and O–H groups in total. The van der Waals surface area contributed by atoms with Crippen LogP contribution in [0.15, 0.2) is 18.2 Å². The molecule has 18 heavy (non-hydrogen) atoms. The molecule has 4 nitrogen and oxygen atoms in total. The van der Waals surface area contributed by atoms with Crippen molar-refractivity contribution >= 4 is 23.3 Å². The first-order valence-corrected chi connectivity index (χ1v) is 6.38. The molecule has 0 unspecified atom stereocenters. The van der Waals surface area contributed by atoms with Gasteiger partial charge in [-0.1, -0.05) is 11.6 Å². The van der Waals surface area contributed by atoms with E-state index in [1.165, 1.54) is 0 Å². The van der Waals surface area contributed by atoms with Gasteiger partial charge in [-0.05, 0) is 38.1 Å². The largest absolute Gasteiger partial charge is 0.459 e. The van der Waals surface area contributed by atoms with E-state index in [1.54, 1.807) is 18.2 Å². The Morgan fingerprint density at radius 3 is 2.72 bits per heavy atom. The van der Waals surface area contributed by atoms with Crippen LogP contribution in [0.1, 0.15) is 23.2 Å². The second kappa shape index (κ2) is 5.59. The van der Waals surface area contributed by atoms with Crippen molar-refractivity contribution in [3.05, 3.63) is 28.8 Å². The number of benzene rings is 1. The van der Waals surface area contributed by atoms with Crippen molar-refractivity contribution in [1.29, 1.82) is 0 Å². The molecule has 0 aliphatic carbocycles. The zero-order chi connectivity index (χ0) is 13.1. The van der Waals surface area contributed by atoms with Crippen LogP contribution in [-0.4, -0.2) is 37.1 Å². The summed E-state index contributed by atoms with van der Waals surface area (Å²) in [5.41, 5.74) is 6.52. The molecule has 2 rings (SSSR count). The van der Waals surface area contributed by atoms with Crippen LogP contribution in [0.25, 0.3) is 0 Å². The molecule has 1 heterocycles. The molecule has 0 atom stereocenters. The lowest BCUT2D eigenvalue weighted by Gasteiger charge is -2.28. The first-order chi connectivity index (χ1) is 8.56. The molecule has 1 aromatic rings. The maximum absolute atomic E-state index is 11.9. The van der Waals surface area contributed by atoms with Crippen molar-refractivity contribution in [1.82, 2.24) is 4.90 Å². The average Bonchev–Trinajstić information content (AvgIpc) is 2.35. The van der Waals surface area contributed by atoms with Gasteiger partial charge in [0.25, 0.3) is 0 Å². The van der Waals surface area contributed by atoms with E-state index in [-0.39, 0.29) is 12.1 Å². The van der Waals surface area contributed by atoms with Gasteiger partial charge in [-0.2, -0.15) is 0 Å². The molecule has 0 saturated carbocycles. The van der Waals surface area contributed by atoms with Crippen molar-refractivity contribution in [2.45, 2.75) is 18.9 Å². The van der Waals surface area contributed by atoms with Crippen LogP contribution in [-0.2, 0) is 4.74 Å². The average molecular weight is 269 g/mol. The number of nitrogens with zero attached hydrogens (tertiary/aromatic N) is 1. The summed E-state index contributed by atoms with van der Waals surface area (Å²) in [5, 5.41) is 0.450. The number of halogens is 1. The number of hydrogen-bond acceptors (Lipinski definition) is 4. The Bertz CT molecular complexity index is 443. The molecule has 0 bridgehead atoms. The molecule has 0 aromatic heterocycles. The third-order valence-electron chi connectivity index (χ3n) is 3.17. The van der Waals surface area contributed by atoms with Gasteiger partial charge in [0.1, 0.15) is 6.10 Å². The van der Waals surface area contributed by atoms with E-state index >= 15 is 0 Å². The van der Waals surface area contributed by atoms with Crippen LogP contribution in [0, 0.1) is 0 Å². The molecular formula is C13H17ClN2O2. The van der Waals surface area contributed by atoms with Crippen LogP contribution in [0.3, 0.4) is 0 Å². The lowest BCUT2D eigenvalue weighted by Crippen LogP contribution is -2.35. The highest BCUT2D eigenvalue weighted by Crippen LogP contribution is 2.21. The number of esters is 1. The molecule has 98 valence electrons. The van der Waals surface area contributed by atoms with Gasteiger partial charge in [0, 0.05) is 13.1 Å². The standard InChI is InChI=1S/C13H17ClN2O2/c1-16-6-4-10(5-7-16)18-13(17)9-2-3-11(14)12(15)8-9/h2-3,8,10H,4-7,15H2,1H3. The molecule has 5 heteroatoms. The number of hydrogen-bond donors (Lipinski definition) is 1. The van der Waals surface area contributed by atoms with Gasteiger partial charge in [0.05, 0.1) is 16.3 Å². The number of likely N-dealkylation sites (tertiary alicyclic amines) is 1.